The summed E-state index contributed by atoms with van der Waals surface area (Å²) >= 11 is 6.14. The lowest BCUT2D eigenvalue weighted by Gasteiger charge is -2.47. The lowest BCUT2D eigenvalue weighted by atomic mass is 9.57. The lowest BCUT2D eigenvalue weighted by Crippen LogP contribution is -2.45. The van der Waals surface area contributed by atoms with Gasteiger partial charge < -0.3 is 9.26 Å². The summed E-state index contributed by atoms with van der Waals surface area (Å²) < 4.78 is 10.9. The SMILES string of the molecule is COc1nc(Cl)nc2c1CC[C@@H]1[C@@H](C)c3oncc3C[C@@]21C. The number of nitrogens with zero attached hydrogens (tertiary/aromatic N) is 3. The normalized spacial score (nSPS) is 29.5. The molecule has 0 amide bonds. The zero-order valence-corrected chi connectivity index (χ0v) is 13.6. The number of hydrogen-bond acceptors (Lipinski definition) is 5. The standard InChI is InChI=1S/C16H18ClN3O2/c1-8-11-5-4-10-13(19-15(17)20-14(10)21-3)16(11,2)6-9-7-18-22-12(8)9/h7-8,11H,4-6H2,1-3H3/t8-,11-,16-/m1/s1. The average Bonchev–Trinajstić information content (AvgIpc) is 2.95. The van der Waals surface area contributed by atoms with Gasteiger partial charge in [0.2, 0.25) is 11.2 Å². The topological polar surface area (TPSA) is 61.0 Å². The highest BCUT2D eigenvalue weighted by Gasteiger charge is 2.50. The molecule has 3 atom stereocenters. The molecule has 2 heterocycles. The number of aromatic nitrogens is 3. The number of ether oxygens (including phenoxy) is 1. The van der Waals surface area contributed by atoms with Crippen molar-refractivity contribution < 1.29 is 9.26 Å². The van der Waals surface area contributed by atoms with Crippen LogP contribution in [0.4, 0.5) is 0 Å². The van der Waals surface area contributed by atoms with Crippen molar-refractivity contribution in [3.05, 3.63) is 34.1 Å². The largest absolute Gasteiger partial charge is 0.481 e. The van der Waals surface area contributed by atoms with Crippen LogP contribution in [0.5, 0.6) is 5.88 Å². The molecule has 0 N–H and O–H groups in total. The molecule has 2 aromatic heterocycles. The third-order valence-electron chi connectivity index (χ3n) is 5.45. The maximum absolute atomic E-state index is 6.14. The predicted molar refractivity (Wildman–Crippen MR) is 81.4 cm³/mol. The van der Waals surface area contributed by atoms with E-state index in [-0.39, 0.29) is 10.7 Å². The Bertz CT molecular complexity index is 745. The Morgan fingerprint density at radius 2 is 2.23 bits per heavy atom. The van der Waals surface area contributed by atoms with Crippen LogP contribution in [0.2, 0.25) is 5.28 Å². The molecule has 2 aromatic rings. The average molecular weight is 320 g/mol. The summed E-state index contributed by atoms with van der Waals surface area (Å²) in [7, 11) is 1.63. The van der Waals surface area contributed by atoms with Crippen molar-refractivity contribution in [1.82, 2.24) is 15.1 Å². The van der Waals surface area contributed by atoms with Gasteiger partial charge in [-0.25, -0.2) is 4.98 Å². The van der Waals surface area contributed by atoms with Crippen LogP contribution in [0.15, 0.2) is 10.7 Å². The summed E-state index contributed by atoms with van der Waals surface area (Å²) in [4.78, 5) is 8.82. The van der Waals surface area contributed by atoms with Crippen molar-refractivity contribution in [2.45, 2.75) is 44.4 Å². The molecule has 2 aliphatic carbocycles. The first-order chi connectivity index (χ1) is 10.5. The minimum Gasteiger partial charge on any atom is -0.481 e. The molecule has 22 heavy (non-hydrogen) atoms. The summed E-state index contributed by atoms with van der Waals surface area (Å²) in [5.41, 5.74) is 3.20. The van der Waals surface area contributed by atoms with Crippen molar-refractivity contribution in [3.63, 3.8) is 0 Å². The molecular formula is C16H18ClN3O2. The van der Waals surface area contributed by atoms with E-state index in [0.717, 1.165) is 36.3 Å². The maximum atomic E-state index is 6.14. The van der Waals surface area contributed by atoms with Crippen LogP contribution >= 0.6 is 11.6 Å². The van der Waals surface area contributed by atoms with Crippen molar-refractivity contribution in [2.75, 3.05) is 7.11 Å². The van der Waals surface area contributed by atoms with E-state index in [1.165, 1.54) is 5.56 Å². The highest BCUT2D eigenvalue weighted by atomic mass is 35.5. The van der Waals surface area contributed by atoms with Gasteiger partial charge in [0.15, 0.2) is 0 Å². The summed E-state index contributed by atoms with van der Waals surface area (Å²) in [6.07, 6.45) is 4.67. The van der Waals surface area contributed by atoms with Crippen molar-refractivity contribution in [3.8, 4) is 5.88 Å². The Hall–Kier alpha value is -1.62. The molecule has 0 aliphatic heterocycles. The molecule has 0 fully saturated rings. The van der Waals surface area contributed by atoms with Gasteiger partial charge in [-0.2, -0.15) is 4.98 Å². The Balaban J connectivity index is 1.92. The fourth-order valence-corrected chi connectivity index (χ4v) is 4.63. The van der Waals surface area contributed by atoms with Crippen LogP contribution in [-0.2, 0) is 18.3 Å². The van der Waals surface area contributed by atoms with Crippen LogP contribution in [0.25, 0.3) is 0 Å². The molecule has 5 nitrogen and oxygen atoms in total. The molecule has 6 heteroatoms. The molecule has 0 saturated heterocycles. The smallest absolute Gasteiger partial charge is 0.225 e. The predicted octanol–water partition coefficient (Wildman–Crippen LogP) is 3.31. The molecule has 2 aliphatic rings. The van der Waals surface area contributed by atoms with Gasteiger partial charge in [-0.05, 0) is 36.8 Å². The summed E-state index contributed by atoms with van der Waals surface area (Å²) in [6.45, 7) is 4.49. The number of fused-ring (bicyclic) bond motifs is 4. The third-order valence-corrected chi connectivity index (χ3v) is 5.62. The number of methoxy groups -OCH3 is 1. The molecule has 0 bridgehead atoms. The van der Waals surface area contributed by atoms with E-state index in [2.05, 4.69) is 29.0 Å². The molecule has 4 rings (SSSR count). The van der Waals surface area contributed by atoms with Crippen LogP contribution in [-0.4, -0.2) is 22.2 Å². The fraction of sp³-hybridized carbons (Fsp3) is 0.562. The summed E-state index contributed by atoms with van der Waals surface area (Å²) in [6, 6.07) is 0. The minimum atomic E-state index is -0.0919. The van der Waals surface area contributed by atoms with E-state index < -0.39 is 0 Å². The van der Waals surface area contributed by atoms with Crippen LogP contribution in [0, 0.1) is 5.92 Å². The first-order valence-electron chi connectivity index (χ1n) is 7.59. The fourth-order valence-electron chi connectivity index (χ4n) is 4.47. The van der Waals surface area contributed by atoms with Gasteiger partial charge >= 0.3 is 0 Å². The van der Waals surface area contributed by atoms with Gasteiger partial charge in [-0.15, -0.1) is 0 Å². The lowest BCUT2D eigenvalue weighted by molar-refractivity contribution is 0.169. The van der Waals surface area contributed by atoms with Gasteiger partial charge in [0.05, 0.1) is 19.0 Å². The number of hydrogen-bond donors (Lipinski definition) is 0. The van der Waals surface area contributed by atoms with Crippen molar-refractivity contribution in [1.29, 1.82) is 0 Å². The Morgan fingerprint density at radius 3 is 3.00 bits per heavy atom. The first-order valence-corrected chi connectivity index (χ1v) is 7.96. The van der Waals surface area contributed by atoms with Gasteiger partial charge in [0.25, 0.3) is 0 Å². The Labute approximate surface area is 134 Å². The van der Waals surface area contributed by atoms with E-state index in [1.54, 1.807) is 7.11 Å². The quantitative estimate of drug-likeness (QED) is 0.755. The zero-order valence-electron chi connectivity index (χ0n) is 12.9. The van der Waals surface area contributed by atoms with E-state index in [4.69, 9.17) is 20.9 Å². The first kappa shape index (κ1) is 14.0. The van der Waals surface area contributed by atoms with Gasteiger partial charge in [0.1, 0.15) is 5.76 Å². The molecule has 0 unspecified atom stereocenters. The second-order valence-corrected chi connectivity index (χ2v) is 6.91. The molecule has 0 saturated carbocycles. The van der Waals surface area contributed by atoms with E-state index >= 15 is 0 Å². The maximum Gasteiger partial charge on any atom is 0.225 e. The molecule has 0 aromatic carbocycles. The van der Waals surface area contributed by atoms with E-state index in [1.807, 2.05) is 6.20 Å². The molecule has 0 spiro atoms. The summed E-state index contributed by atoms with van der Waals surface area (Å²) in [5.74, 6) is 2.41. The number of rotatable bonds is 1. The zero-order chi connectivity index (χ0) is 15.5. The Kier molecular flexibility index (Phi) is 2.98. The van der Waals surface area contributed by atoms with Gasteiger partial charge in [-0.1, -0.05) is 19.0 Å². The monoisotopic (exact) mass is 319 g/mol. The second kappa shape index (κ2) is 4.69. The van der Waals surface area contributed by atoms with E-state index in [0.29, 0.717) is 17.7 Å². The molecular weight excluding hydrogens is 302 g/mol. The van der Waals surface area contributed by atoms with Crippen LogP contribution in [0.1, 0.15) is 48.8 Å². The Morgan fingerprint density at radius 1 is 1.41 bits per heavy atom. The van der Waals surface area contributed by atoms with Crippen LogP contribution < -0.4 is 4.74 Å². The summed E-state index contributed by atoms with van der Waals surface area (Å²) in [5, 5.41) is 4.24. The second-order valence-electron chi connectivity index (χ2n) is 6.57. The van der Waals surface area contributed by atoms with Gasteiger partial charge in [0, 0.05) is 22.5 Å². The third kappa shape index (κ3) is 1.75. The number of halogens is 1. The minimum absolute atomic E-state index is 0.0919. The molecule has 116 valence electrons. The highest BCUT2D eigenvalue weighted by Crippen LogP contribution is 2.54. The van der Waals surface area contributed by atoms with Gasteiger partial charge in [-0.3, -0.25) is 0 Å². The highest BCUT2D eigenvalue weighted by molar-refractivity contribution is 6.28. The van der Waals surface area contributed by atoms with Crippen LogP contribution in [0.3, 0.4) is 0 Å². The van der Waals surface area contributed by atoms with E-state index in [9.17, 15) is 0 Å². The van der Waals surface area contributed by atoms with Crippen molar-refractivity contribution >= 4 is 11.6 Å². The van der Waals surface area contributed by atoms with Crippen molar-refractivity contribution in [2.24, 2.45) is 5.92 Å². The molecule has 0 radical (unpaired) electrons.